The Morgan fingerprint density at radius 3 is 2.15 bits per heavy atom. The van der Waals surface area contributed by atoms with Gasteiger partial charge in [0.15, 0.2) is 0 Å². The molecule has 0 aliphatic carbocycles. The molecule has 0 saturated heterocycles. The fourth-order valence-electron chi connectivity index (χ4n) is 2.74. The first-order valence-corrected chi connectivity index (χ1v) is 11.6. The van der Waals surface area contributed by atoms with Gasteiger partial charge >= 0.3 is 11.9 Å². The number of nitrogens with zero attached hydrogens (tertiary/aromatic N) is 1. The molecule has 1 aromatic rings. The molecule has 15 heteroatoms. The molecule has 1 aromatic heterocycles. The molecule has 34 heavy (non-hydrogen) atoms. The highest BCUT2D eigenvalue weighted by Gasteiger charge is 2.32. The van der Waals surface area contributed by atoms with Crippen molar-refractivity contribution in [1.82, 2.24) is 25.9 Å². The van der Waals surface area contributed by atoms with Crippen molar-refractivity contribution in [3.05, 3.63) is 18.2 Å². The summed E-state index contributed by atoms with van der Waals surface area (Å²) in [5.41, 5.74) is 5.99. The van der Waals surface area contributed by atoms with Crippen LogP contribution in [-0.4, -0.2) is 97.2 Å². The SMILES string of the molecule is CSCCC(NC(=O)C(CC(=O)O)NC(=O)C(N)C(C)O)C(=O)NC(Cc1cnc[nH]1)C(=O)O. The van der Waals surface area contributed by atoms with E-state index in [0.29, 0.717) is 11.4 Å². The van der Waals surface area contributed by atoms with E-state index in [0.717, 1.165) is 0 Å². The highest BCUT2D eigenvalue weighted by molar-refractivity contribution is 7.98. The standard InChI is InChI=1S/C19H30N6O8S/c1-9(26)15(20)18(31)24-12(6-14(27)28)17(30)23-11(3-4-34-2)16(29)25-13(19(32)33)5-10-7-21-8-22-10/h7-9,11-13,15,26H,3-6,20H2,1-2H3,(H,21,22)(H,23,30)(H,24,31)(H,25,29)(H,27,28)(H,32,33). The van der Waals surface area contributed by atoms with Gasteiger partial charge in [-0.25, -0.2) is 9.78 Å². The first-order valence-electron chi connectivity index (χ1n) is 10.2. The quantitative estimate of drug-likeness (QED) is 0.124. The molecule has 0 radical (unpaired) electrons. The summed E-state index contributed by atoms with van der Waals surface area (Å²) in [4.78, 5) is 67.0. The van der Waals surface area contributed by atoms with E-state index in [-0.39, 0.29) is 12.8 Å². The number of H-pyrrole nitrogens is 1. The van der Waals surface area contributed by atoms with E-state index in [2.05, 4.69) is 25.9 Å². The summed E-state index contributed by atoms with van der Waals surface area (Å²) in [6, 6.07) is -5.51. The molecule has 0 saturated carbocycles. The number of carbonyl (C=O) groups is 5. The predicted octanol–water partition coefficient (Wildman–Crippen LogP) is -2.57. The molecule has 14 nitrogen and oxygen atoms in total. The maximum atomic E-state index is 12.8. The molecule has 0 bridgehead atoms. The zero-order chi connectivity index (χ0) is 25.8. The lowest BCUT2D eigenvalue weighted by atomic mass is 10.1. The third-order valence-corrected chi connectivity index (χ3v) is 5.32. The normalized spacial score (nSPS) is 15.3. The zero-order valence-corrected chi connectivity index (χ0v) is 19.5. The Labute approximate surface area is 199 Å². The number of rotatable bonds is 15. The van der Waals surface area contributed by atoms with Gasteiger partial charge in [0.2, 0.25) is 17.7 Å². The molecule has 190 valence electrons. The number of aromatic amines is 1. The summed E-state index contributed by atoms with van der Waals surface area (Å²) >= 11 is 1.37. The number of carboxylic acids is 2. The predicted molar refractivity (Wildman–Crippen MR) is 121 cm³/mol. The Kier molecular flexibility index (Phi) is 12.0. The molecular formula is C19H30N6O8S. The summed E-state index contributed by atoms with van der Waals surface area (Å²) in [6.45, 7) is 1.25. The van der Waals surface area contributed by atoms with E-state index >= 15 is 0 Å². The molecule has 0 aliphatic heterocycles. The monoisotopic (exact) mass is 502 g/mol. The maximum Gasteiger partial charge on any atom is 0.326 e. The van der Waals surface area contributed by atoms with E-state index < -0.39 is 66.4 Å². The summed E-state index contributed by atoms with van der Waals surface area (Å²) in [6.07, 6.45) is 2.49. The average molecular weight is 503 g/mol. The molecule has 1 rings (SSSR count). The number of thioether (sulfide) groups is 1. The Morgan fingerprint density at radius 2 is 1.65 bits per heavy atom. The molecule has 5 unspecified atom stereocenters. The van der Waals surface area contributed by atoms with Gasteiger partial charge in [-0.05, 0) is 25.4 Å². The van der Waals surface area contributed by atoms with Gasteiger partial charge in [0, 0.05) is 18.3 Å². The second-order valence-electron chi connectivity index (χ2n) is 7.45. The molecule has 0 aromatic carbocycles. The van der Waals surface area contributed by atoms with Crippen LogP contribution in [0.25, 0.3) is 0 Å². The van der Waals surface area contributed by atoms with E-state index in [4.69, 9.17) is 10.8 Å². The van der Waals surface area contributed by atoms with Crippen molar-refractivity contribution in [3.8, 4) is 0 Å². The van der Waals surface area contributed by atoms with Crippen molar-refractivity contribution in [2.75, 3.05) is 12.0 Å². The molecule has 5 atom stereocenters. The van der Waals surface area contributed by atoms with Crippen LogP contribution in [0.2, 0.25) is 0 Å². The Hall–Kier alpha value is -3.17. The largest absolute Gasteiger partial charge is 0.481 e. The van der Waals surface area contributed by atoms with Crippen molar-refractivity contribution in [2.45, 2.75) is 56.5 Å². The third-order valence-electron chi connectivity index (χ3n) is 4.67. The highest BCUT2D eigenvalue weighted by Crippen LogP contribution is 2.06. The van der Waals surface area contributed by atoms with Crippen LogP contribution >= 0.6 is 11.8 Å². The number of aliphatic hydroxyl groups excluding tert-OH is 1. The van der Waals surface area contributed by atoms with Gasteiger partial charge in [-0.2, -0.15) is 11.8 Å². The van der Waals surface area contributed by atoms with Gasteiger partial charge in [0.25, 0.3) is 0 Å². The Bertz CT molecular complexity index is 850. The van der Waals surface area contributed by atoms with Gasteiger partial charge in [-0.15, -0.1) is 0 Å². The number of carboxylic acid groups (broad SMARTS) is 2. The van der Waals surface area contributed by atoms with Crippen LogP contribution in [0.5, 0.6) is 0 Å². The topological polar surface area (TPSA) is 237 Å². The number of imidazole rings is 1. The van der Waals surface area contributed by atoms with Gasteiger partial charge < -0.3 is 42.0 Å². The van der Waals surface area contributed by atoms with E-state index in [1.54, 1.807) is 6.26 Å². The third kappa shape index (κ3) is 9.76. The summed E-state index contributed by atoms with van der Waals surface area (Å²) < 4.78 is 0. The molecule has 0 fully saturated rings. The van der Waals surface area contributed by atoms with Crippen LogP contribution in [0.15, 0.2) is 12.5 Å². The maximum absolute atomic E-state index is 12.8. The number of hydrogen-bond acceptors (Lipinski definition) is 9. The molecule has 1 heterocycles. The van der Waals surface area contributed by atoms with E-state index in [1.807, 2.05) is 0 Å². The minimum atomic E-state index is -1.58. The van der Waals surface area contributed by atoms with Crippen molar-refractivity contribution in [1.29, 1.82) is 0 Å². The lowest BCUT2D eigenvalue weighted by Crippen LogP contribution is -2.58. The van der Waals surface area contributed by atoms with Gasteiger partial charge in [0.1, 0.15) is 24.2 Å². The average Bonchev–Trinajstić information content (AvgIpc) is 3.27. The van der Waals surface area contributed by atoms with Crippen LogP contribution in [0.1, 0.15) is 25.5 Å². The molecule has 0 spiro atoms. The van der Waals surface area contributed by atoms with Crippen LogP contribution < -0.4 is 21.7 Å². The molecular weight excluding hydrogens is 472 g/mol. The highest BCUT2D eigenvalue weighted by atomic mass is 32.2. The fourth-order valence-corrected chi connectivity index (χ4v) is 3.21. The van der Waals surface area contributed by atoms with Crippen LogP contribution in [0.3, 0.4) is 0 Å². The van der Waals surface area contributed by atoms with Crippen molar-refractivity contribution < 1.29 is 39.3 Å². The number of amides is 3. The minimum Gasteiger partial charge on any atom is -0.481 e. The number of aliphatic hydroxyl groups is 1. The minimum absolute atomic E-state index is 0.0841. The van der Waals surface area contributed by atoms with Crippen LogP contribution in [-0.2, 0) is 30.4 Å². The molecule has 3 amide bonds. The van der Waals surface area contributed by atoms with Crippen LogP contribution in [0, 0.1) is 0 Å². The number of nitrogens with two attached hydrogens (primary N) is 1. The van der Waals surface area contributed by atoms with Gasteiger partial charge in [0.05, 0.1) is 18.9 Å². The summed E-state index contributed by atoms with van der Waals surface area (Å²) in [5.74, 6) is -5.01. The fraction of sp³-hybridized carbons (Fsp3) is 0.579. The van der Waals surface area contributed by atoms with Crippen LogP contribution in [0.4, 0.5) is 0 Å². The molecule has 0 aliphatic rings. The van der Waals surface area contributed by atoms with Crippen molar-refractivity contribution in [2.24, 2.45) is 5.73 Å². The number of aromatic nitrogens is 2. The lowest BCUT2D eigenvalue weighted by molar-refractivity contribution is -0.143. The van der Waals surface area contributed by atoms with E-state index in [9.17, 15) is 34.2 Å². The number of carbonyl (C=O) groups excluding carboxylic acids is 3. The van der Waals surface area contributed by atoms with Crippen molar-refractivity contribution >= 4 is 41.4 Å². The number of hydrogen-bond donors (Lipinski definition) is 8. The Balaban J connectivity index is 2.97. The first kappa shape index (κ1) is 28.9. The summed E-state index contributed by atoms with van der Waals surface area (Å²) in [5, 5.41) is 34.9. The smallest absolute Gasteiger partial charge is 0.326 e. The Morgan fingerprint density at radius 1 is 1.06 bits per heavy atom. The number of aliphatic carboxylic acids is 2. The van der Waals surface area contributed by atoms with Gasteiger partial charge in [-0.3, -0.25) is 19.2 Å². The second-order valence-corrected chi connectivity index (χ2v) is 8.43. The zero-order valence-electron chi connectivity index (χ0n) is 18.7. The van der Waals surface area contributed by atoms with E-state index in [1.165, 1.54) is 31.2 Å². The first-order chi connectivity index (χ1) is 16.0. The van der Waals surface area contributed by atoms with Crippen molar-refractivity contribution in [3.63, 3.8) is 0 Å². The lowest BCUT2D eigenvalue weighted by Gasteiger charge is -2.25. The van der Waals surface area contributed by atoms with Gasteiger partial charge in [-0.1, -0.05) is 0 Å². The molecule has 9 N–H and O–H groups in total. The summed E-state index contributed by atoms with van der Waals surface area (Å²) in [7, 11) is 0. The second kappa shape index (κ2) is 14.2. The number of nitrogens with one attached hydrogen (secondary N) is 4.